The predicted molar refractivity (Wildman–Crippen MR) is 79.7 cm³/mol. The fraction of sp³-hybridized carbons (Fsp3) is 0.765. The molecule has 4 heteroatoms. The Hall–Kier alpha value is -1.32. The maximum Gasteiger partial charge on any atom is 0.309 e. The van der Waals surface area contributed by atoms with Crippen LogP contribution in [0.4, 0.5) is 0 Å². The SMILES string of the molecule is CC1=CCC(NC(=O)C23CCC(C(=O)O)(CC2)CC3)CC1. The van der Waals surface area contributed by atoms with Gasteiger partial charge in [-0.2, -0.15) is 0 Å². The fourth-order valence-electron chi connectivity index (χ4n) is 4.28. The molecule has 0 saturated heterocycles. The van der Waals surface area contributed by atoms with Gasteiger partial charge >= 0.3 is 5.97 Å². The van der Waals surface area contributed by atoms with Gasteiger partial charge < -0.3 is 10.4 Å². The summed E-state index contributed by atoms with van der Waals surface area (Å²) in [6.07, 6.45) is 9.49. The molecule has 1 unspecified atom stereocenters. The van der Waals surface area contributed by atoms with Crippen molar-refractivity contribution in [2.45, 2.75) is 70.8 Å². The maximum absolute atomic E-state index is 12.7. The highest BCUT2D eigenvalue weighted by Crippen LogP contribution is 2.57. The highest BCUT2D eigenvalue weighted by molar-refractivity contribution is 5.85. The van der Waals surface area contributed by atoms with E-state index in [0.29, 0.717) is 19.3 Å². The summed E-state index contributed by atoms with van der Waals surface area (Å²) in [5, 5.41) is 12.7. The maximum atomic E-state index is 12.7. The van der Waals surface area contributed by atoms with Gasteiger partial charge in [0, 0.05) is 11.5 Å². The first kappa shape index (κ1) is 14.6. The molecule has 0 radical (unpaired) electrons. The molecule has 3 fully saturated rings. The molecule has 0 spiro atoms. The van der Waals surface area contributed by atoms with Gasteiger partial charge in [0.1, 0.15) is 0 Å². The van der Waals surface area contributed by atoms with E-state index in [1.54, 1.807) is 0 Å². The minimum Gasteiger partial charge on any atom is -0.481 e. The molecule has 21 heavy (non-hydrogen) atoms. The summed E-state index contributed by atoms with van der Waals surface area (Å²) >= 11 is 0. The first-order chi connectivity index (χ1) is 9.96. The van der Waals surface area contributed by atoms with Crippen molar-refractivity contribution in [3.63, 3.8) is 0 Å². The van der Waals surface area contributed by atoms with Crippen molar-refractivity contribution in [1.82, 2.24) is 5.32 Å². The first-order valence-electron chi connectivity index (χ1n) is 8.16. The smallest absolute Gasteiger partial charge is 0.309 e. The normalized spacial score (nSPS) is 38.7. The summed E-state index contributed by atoms with van der Waals surface area (Å²) in [7, 11) is 0. The number of hydrogen-bond acceptors (Lipinski definition) is 2. The van der Waals surface area contributed by atoms with Gasteiger partial charge in [-0.1, -0.05) is 11.6 Å². The van der Waals surface area contributed by atoms with Crippen molar-refractivity contribution in [3.05, 3.63) is 11.6 Å². The molecular weight excluding hydrogens is 266 g/mol. The van der Waals surface area contributed by atoms with Crippen LogP contribution < -0.4 is 5.32 Å². The lowest BCUT2D eigenvalue weighted by atomic mass is 9.53. The number of carboxylic acid groups (broad SMARTS) is 1. The van der Waals surface area contributed by atoms with Gasteiger partial charge in [0.15, 0.2) is 0 Å². The molecular formula is C17H25NO3. The molecule has 4 aliphatic carbocycles. The number of allylic oxidation sites excluding steroid dienone is 1. The van der Waals surface area contributed by atoms with Crippen LogP contribution in [0.25, 0.3) is 0 Å². The highest BCUT2D eigenvalue weighted by Gasteiger charge is 2.55. The molecule has 0 heterocycles. The van der Waals surface area contributed by atoms with Crippen molar-refractivity contribution >= 4 is 11.9 Å². The lowest BCUT2D eigenvalue weighted by Crippen LogP contribution is -2.54. The monoisotopic (exact) mass is 291 g/mol. The number of carboxylic acids is 1. The van der Waals surface area contributed by atoms with Gasteiger partial charge in [-0.25, -0.2) is 0 Å². The Balaban J connectivity index is 1.63. The van der Waals surface area contributed by atoms with E-state index in [9.17, 15) is 14.7 Å². The second-order valence-electron chi connectivity index (χ2n) is 7.36. The second kappa shape index (κ2) is 5.15. The van der Waals surface area contributed by atoms with E-state index >= 15 is 0 Å². The molecule has 1 amide bonds. The average molecular weight is 291 g/mol. The zero-order chi connectivity index (χ0) is 15.1. The Kier molecular flexibility index (Phi) is 3.58. The molecule has 0 aromatic rings. The topological polar surface area (TPSA) is 66.4 Å². The van der Waals surface area contributed by atoms with E-state index in [1.165, 1.54) is 5.57 Å². The van der Waals surface area contributed by atoms with Gasteiger partial charge in [0.2, 0.25) is 5.91 Å². The molecule has 116 valence electrons. The van der Waals surface area contributed by atoms with Crippen LogP contribution in [-0.4, -0.2) is 23.0 Å². The van der Waals surface area contributed by atoms with Crippen molar-refractivity contribution in [1.29, 1.82) is 0 Å². The lowest BCUT2D eigenvalue weighted by molar-refractivity contribution is -0.163. The van der Waals surface area contributed by atoms with Crippen molar-refractivity contribution in [3.8, 4) is 0 Å². The zero-order valence-electron chi connectivity index (χ0n) is 12.8. The third kappa shape index (κ3) is 2.49. The number of carbonyl (C=O) groups is 2. The Morgan fingerprint density at radius 2 is 1.71 bits per heavy atom. The summed E-state index contributed by atoms with van der Waals surface area (Å²) in [5.41, 5.74) is 0.598. The largest absolute Gasteiger partial charge is 0.481 e. The van der Waals surface area contributed by atoms with Crippen LogP contribution in [0, 0.1) is 10.8 Å². The summed E-state index contributed by atoms with van der Waals surface area (Å²) in [5.74, 6) is -0.483. The lowest BCUT2D eigenvalue weighted by Gasteiger charge is -2.50. The van der Waals surface area contributed by atoms with Gasteiger partial charge in [-0.3, -0.25) is 9.59 Å². The Morgan fingerprint density at radius 3 is 2.19 bits per heavy atom. The Morgan fingerprint density at radius 1 is 1.14 bits per heavy atom. The average Bonchev–Trinajstić information content (AvgIpc) is 2.51. The van der Waals surface area contributed by atoms with Gasteiger partial charge in [0.05, 0.1) is 5.41 Å². The van der Waals surface area contributed by atoms with Crippen LogP contribution in [0.5, 0.6) is 0 Å². The van der Waals surface area contributed by atoms with E-state index in [-0.39, 0.29) is 17.4 Å². The minimum atomic E-state index is -0.663. The fourth-order valence-corrected chi connectivity index (χ4v) is 4.28. The van der Waals surface area contributed by atoms with Crippen molar-refractivity contribution in [2.24, 2.45) is 10.8 Å². The van der Waals surface area contributed by atoms with Crippen molar-refractivity contribution in [2.75, 3.05) is 0 Å². The van der Waals surface area contributed by atoms with E-state index < -0.39 is 11.4 Å². The van der Waals surface area contributed by atoms with E-state index in [0.717, 1.165) is 38.5 Å². The summed E-state index contributed by atoms with van der Waals surface area (Å²) in [6, 6.07) is 0.267. The molecule has 3 saturated carbocycles. The number of rotatable bonds is 3. The third-order valence-electron chi connectivity index (χ3n) is 6.15. The van der Waals surface area contributed by atoms with Crippen LogP contribution in [0.3, 0.4) is 0 Å². The van der Waals surface area contributed by atoms with Crippen LogP contribution >= 0.6 is 0 Å². The molecule has 2 N–H and O–H groups in total. The molecule has 0 aromatic heterocycles. The molecule has 2 bridgehead atoms. The van der Waals surface area contributed by atoms with Gasteiger partial charge in [-0.15, -0.1) is 0 Å². The standard InChI is InChI=1S/C17H25NO3/c1-12-2-4-13(5-3-12)18-14(19)16-6-9-17(10-7-16,11-8-16)15(20)21/h2,13H,3-11H2,1H3,(H,18,19)(H,20,21). The quantitative estimate of drug-likeness (QED) is 0.785. The number of hydrogen-bond donors (Lipinski definition) is 2. The van der Waals surface area contributed by atoms with Crippen LogP contribution in [0.2, 0.25) is 0 Å². The first-order valence-corrected chi connectivity index (χ1v) is 8.16. The molecule has 0 aliphatic heterocycles. The molecule has 4 nitrogen and oxygen atoms in total. The van der Waals surface area contributed by atoms with E-state index in [4.69, 9.17) is 0 Å². The predicted octanol–water partition coefficient (Wildman–Crippen LogP) is 3.03. The molecule has 1 atom stereocenters. The number of aliphatic carboxylic acids is 1. The molecule has 4 aliphatic rings. The van der Waals surface area contributed by atoms with Gasteiger partial charge in [-0.05, 0) is 64.7 Å². The summed E-state index contributed by atoms with van der Waals surface area (Å²) in [6.45, 7) is 2.14. The zero-order valence-corrected chi connectivity index (χ0v) is 12.8. The second-order valence-corrected chi connectivity index (χ2v) is 7.36. The van der Waals surface area contributed by atoms with Gasteiger partial charge in [0.25, 0.3) is 0 Å². The number of fused-ring (bicyclic) bond motifs is 3. The number of amides is 1. The number of nitrogens with one attached hydrogen (secondary N) is 1. The third-order valence-corrected chi connectivity index (χ3v) is 6.15. The van der Waals surface area contributed by atoms with Crippen molar-refractivity contribution < 1.29 is 14.7 Å². The number of carbonyl (C=O) groups excluding carboxylic acids is 1. The van der Waals surface area contributed by atoms with Crippen LogP contribution in [-0.2, 0) is 9.59 Å². The van der Waals surface area contributed by atoms with E-state index in [2.05, 4.69) is 18.3 Å². The van der Waals surface area contributed by atoms with Crippen LogP contribution in [0.15, 0.2) is 11.6 Å². The summed E-state index contributed by atoms with van der Waals surface area (Å²) < 4.78 is 0. The Labute approximate surface area is 126 Å². The molecule has 4 rings (SSSR count). The highest BCUT2D eigenvalue weighted by atomic mass is 16.4. The van der Waals surface area contributed by atoms with Crippen LogP contribution in [0.1, 0.15) is 64.7 Å². The van der Waals surface area contributed by atoms with E-state index in [1.807, 2.05) is 0 Å². The Bertz CT molecular complexity index is 470. The summed E-state index contributed by atoms with van der Waals surface area (Å²) in [4.78, 5) is 24.2. The molecule has 0 aromatic carbocycles. The minimum absolute atomic E-state index is 0.180.